The van der Waals surface area contributed by atoms with Crippen molar-refractivity contribution in [1.82, 2.24) is 24.8 Å². The summed E-state index contributed by atoms with van der Waals surface area (Å²) in [5.74, 6) is 2.54. The van der Waals surface area contributed by atoms with E-state index in [0.717, 1.165) is 57.8 Å². The highest BCUT2D eigenvalue weighted by Crippen LogP contribution is 2.45. The van der Waals surface area contributed by atoms with Crippen molar-refractivity contribution in [2.75, 3.05) is 0 Å². The summed E-state index contributed by atoms with van der Waals surface area (Å²) >= 11 is 0. The highest BCUT2D eigenvalue weighted by atomic mass is 16.3. The molecule has 8 heteroatoms. The van der Waals surface area contributed by atoms with Crippen LogP contribution >= 0.6 is 0 Å². The molecule has 0 radical (unpaired) electrons. The summed E-state index contributed by atoms with van der Waals surface area (Å²) in [5.41, 5.74) is -0.398. The lowest BCUT2D eigenvalue weighted by Gasteiger charge is -2.43. The van der Waals surface area contributed by atoms with Crippen molar-refractivity contribution in [1.29, 1.82) is 0 Å². The maximum atomic E-state index is 13.2. The van der Waals surface area contributed by atoms with Gasteiger partial charge in [-0.1, -0.05) is 39.5 Å². The zero-order valence-corrected chi connectivity index (χ0v) is 21.5. The van der Waals surface area contributed by atoms with Crippen LogP contribution < -0.4 is 5.69 Å². The molecule has 2 aromatic rings. The molecule has 2 aromatic heterocycles. The van der Waals surface area contributed by atoms with Gasteiger partial charge in [-0.2, -0.15) is 9.36 Å². The fourth-order valence-electron chi connectivity index (χ4n) is 6.61. The number of tetrazole rings is 1. The van der Waals surface area contributed by atoms with Gasteiger partial charge in [0, 0.05) is 12.1 Å². The van der Waals surface area contributed by atoms with Gasteiger partial charge in [-0.25, -0.2) is 4.79 Å². The molecule has 0 aliphatic heterocycles. The molecule has 0 unspecified atom stereocenters. The Morgan fingerprint density at radius 1 is 1.20 bits per heavy atom. The van der Waals surface area contributed by atoms with Gasteiger partial charge in [0.1, 0.15) is 6.54 Å². The van der Waals surface area contributed by atoms with E-state index in [9.17, 15) is 14.7 Å². The van der Waals surface area contributed by atoms with Crippen LogP contribution in [0.5, 0.6) is 0 Å². The zero-order valence-electron chi connectivity index (χ0n) is 21.5. The van der Waals surface area contributed by atoms with Gasteiger partial charge in [-0.15, -0.1) is 0 Å². The number of hydrogen-bond donors (Lipinski definition) is 1. The third kappa shape index (κ3) is 6.26. The number of Topliss-reactive ketones (excluding diaryl/α,β-unsaturated/α-hetero) is 1. The van der Waals surface area contributed by atoms with E-state index >= 15 is 0 Å². The second kappa shape index (κ2) is 11.1. The predicted octanol–water partition coefficient (Wildman–Crippen LogP) is 4.19. The summed E-state index contributed by atoms with van der Waals surface area (Å²) in [6.07, 6.45) is 13.4. The van der Waals surface area contributed by atoms with Gasteiger partial charge in [0.15, 0.2) is 5.78 Å². The topological polar surface area (TPSA) is 103 Å². The second-order valence-electron chi connectivity index (χ2n) is 11.4. The summed E-state index contributed by atoms with van der Waals surface area (Å²) < 4.78 is 2.36. The van der Waals surface area contributed by atoms with Gasteiger partial charge in [0.2, 0.25) is 0 Å². The first kappa shape index (κ1) is 25.7. The number of aliphatic hydroxyl groups is 1. The lowest BCUT2D eigenvalue weighted by Crippen LogP contribution is -2.39. The minimum absolute atomic E-state index is 0.0306. The summed E-state index contributed by atoms with van der Waals surface area (Å²) in [6, 6.07) is 3.47. The molecular weight excluding hydrogens is 442 g/mol. The molecule has 35 heavy (non-hydrogen) atoms. The van der Waals surface area contributed by atoms with Crippen LogP contribution in [0.1, 0.15) is 85.0 Å². The van der Waals surface area contributed by atoms with Crippen molar-refractivity contribution in [2.24, 2.45) is 29.6 Å². The zero-order chi connectivity index (χ0) is 25.0. The van der Waals surface area contributed by atoms with Crippen molar-refractivity contribution >= 4 is 5.78 Å². The van der Waals surface area contributed by atoms with Gasteiger partial charge in [0.25, 0.3) is 0 Å². The first-order valence-electron chi connectivity index (χ1n) is 13.5. The van der Waals surface area contributed by atoms with Crippen LogP contribution in [0, 0.1) is 29.6 Å². The van der Waals surface area contributed by atoms with Crippen LogP contribution in [0.4, 0.5) is 0 Å². The average Bonchev–Trinajstić information content (AvgIpc) is 3.23. The van der Waals surface area contributed by atoms with Crippen molar-refractivity contribution in [3.8, 4) is 5.69 Å². The van der Waals surface area contributed by atoms with Crippen LogP contribution in [0.2, 0.25) is 0 Å². The number of carbonyl (C=O) groups excluding carboxylic acids is 1. The van der Waals surface area contributed by atoms with Crippen molar-refractivity contribution < 1.29 is 9.90 Å². The number of rotatable bonds is 6. The van der Waals surface area contributed by atoms with Gasteiger partial charge in [-0.3, -0.25) is 9.78 Å². The Labute approximate surface area is 208 Å². The van der Waals surface area contributed by atoms with Crippen LogP contribution in [0.3, 0.4) is 0 Å². The lowest BCUT2D eigenvalue weighted by molar-refractivity contribution is -0.124. The molecule has 0 bridgehead atoms. The van der Waals surface area contributed by atoms with E-state index in [1.807, 2.05) is 6.92 Å². The Balaban J connectivity index is 1.39. The molecule has 0 spiro atoms. The lowest BCUT2D eigenvalue weighted by atomic mass is 9.64. The molecule has 6 atom stereocenters. The molecule has 0 aromatic carbocycles. The van der Waals surface area contributed by atoms with Crippen molar-refractivity contribution in [3.05, 3.63) is 35.0 Å². The molecular formula is C27H41N5O3. The molecule has 4 rings (SSSR count). The highest BCUT2D eigenvalue weighted by molar-refractivity contribution is 5.80. The predicted molar refractivity (Wildman–Crippen MR) is 134 cm³/mol. The van der Waals surface area contributed by atoms with E-state index in [0.29, 0.717) is 29.4 Å². The Hall–Kier alpha value is -2.35. The quantitative estimate of drug-likeness (QED) is 0.661. The monoisotopic (exact) mass is 483 g/mol. The number of aromatic nitrogens is 5. The van der Waals surface area contributed by atoms with Crippen LogP contribution in [-0.4, -0.2) is 41.3 Å². The summed E-state index contributed by atoms with van der Waals surface area (Å²) in [5, 5.41) is 18.5. The van der Waals surface area contributed by atoms with E-state index in [4.69, 9.17) is 0 Å². The first-order chi connectivity index (χ1) is 16.8. The highest BCUT2D eigenvalue weighted by Gasteiger charge is 2.39. The van der Waals surface area contributed by atoms with Gasteiger partial charge < -0.3 is 5.11 Å². The van der Waals surface area contributed by atoms with E-state index < -0.39 is 11.3 Å². The first-order valence-corrected chi connectivity index (χ1v) is 13.5. The maximum absolute atomic E-state index is 13.2. The van der Waals surface area contributed by atoms with Gasteiger partial charge in [0.05, 0.1) is 17.5 Å². The molecule has 2 aliphatic carbocycles. The van der Waals surface area contributed by atoms with E-state index in [-0.39, 0.29) is 18.2 Å². The Kier molecular flexibility index (Phi) is 8.19. The number of hydrogen-bond acceptors (Lipinski definition) is 6. The fourth-order valence-corrected chi connectivity index (χ4v) is 6.61. The molecule has 2 fully saturated rings. The smallest absolute Gasteiger partial charge is 0.368 e. The Morgan fingerprint density at radius 2 is 2.03 bits per heavy atom. The molecule has 1 N–H and O–H groups in total. The van der Waals surface area contributed by atoms with Crippen molar-refractivity contribution in [3.63, 3.8) is 0 Å². The van der Waals surface area contributed by atoms with Crippen LogP contribution in [-0.2, 0) is 11.3 Å². The second-order valence-corrected chi connectivity index (χ2v) is 11.4. The van der Waals surface area contributed by atoms with E-state index in [1.54, 1.807) is 24.5 Å². The number of carbonyl (C=O) groups is 1. The third-order valence-electron chi connectivity index (χ3n) is 8.58. The number of pyridine rings is 1. The molecule has 0 saturated heterocycles. The van der Waals surface area contributed by atoms with Crippen molar-refractivity contribution in [2.45, 2.75) is 97.1 Å². The average molecular weight is 484 g/mol. The molecule has 8 nitrogen and oxygen atoms in total. The minimum Gasteiger partial charge on any atom is -0.390 e. The number of ketones is 1. The van der Waals surface area contributed by atoms with E-state index in [2.05, 4.69) is 29.3 Å². The maximum Gasteiger partial charge on any atom is 0.368 e. The summed E-state index contributed by atoms with van der Waals surface area (Å²) in [4.78, 5) is 30.0. The third-order valence-corrected chi connectivity index (χ3v) is 8.58. The Bertz CT molecular complexity index is 1030. The molecule has 192 valence electrons. The van der Waals surface area contributed by atoms with Gasteiger partial charge >= 0.3 is 5.69 Å². The fraction of sp³-hybridized carbons (Fsp3) is 0.741. The minimum atomic E-state index is -0.518. The molecule has 2 heterocycles. The standard InChI is InChI=1S/C27H41N5O3/c1-4-20-16-27(3,35)13-12-24(20)22-8-5-7-21(11-10-19(2)15-22)25(33)18-31-26(34)32(30-29-31)23-9-6-14-28-17-23/h6,9,14,17,19-22,24,35H,4-5,7-8,10-13,15-16,18H2,1-3H3/t19-,20+,21+,22-,24-,27+/m0/s1. The Morgan fingerprint density at radius 3 is 2.77 bits per heavy atom. The summed E-state index contributed by atoms with van der Waals surface area (Å²) in [6.45, 7) is 6.55. The number of nitrogens with zero attached hydrogens (tertiary/aromatic N) is 5. The van der Waals surface area contributed by atoms with E-state index in [1.165, 1.54) is 15.8 Å². The molecule has 0 amide bonds. The largest absolute Gasteiger partial charge is 0.390 e. The summed E-state index contributed by atoms with van der Waals surface area (Å²) in [7, 11) is 0. The molecule has 2 aliphatic rings. The van der Waals surface area contributed by atoms with Crippen LogP contribution in [0.25, 0.3) is 5.69 Å². The van der Waals surface area contributed by atoms with Crippen LogP contribution in [0.15, 0.2) is 29.3 Å². The molecule has 2 saturated carbocycles. The normalized spacial score (nSPS) is 32.4. The van der Waals surface area contributed by atoms with Gasteiger partial charge in [-0.05, 0) is 91.7 Å². The SMILES string of the molecule is CC[C@@H]1C[C@](C)(O)CC[C@@H]1[C@H]1CCC[C@@H](C(=O)Cn2nnn(-c3cccnc3)c2=O)CC[C@H](C)C1.